The van der Waals surface area contributed by atoms with Gasteiger partial charge in [0.25, 0.3) is 0 Å². The number of phenolic OH excluding ortho intramolecular Hbond substituents is 1. The molecule has 24 heavy (non-hydrogen) atoms. The number of aromatic hydroxyl groups is 1. The molecule has 1 aliphatic rings. The van der Waals surface area contributed by atoms with Crippen molar-refractivity contribution in [1.29, 1.82) is 0 Å². The average Bonchev–Trinajstić information content (AvgIpc) is 2.62. The van der Waals surface area contributed by atoms with Crippen LogP contribution in [-0.2, 0) is 6.42 Å². The number of nitrogens with two attached hydrogens (primary N) is 1. The Kier molecular flexibility index (Phi) is 4.81. The molecule has 0 saturated carbocycles. The first-order chi connectivity index (χ1) is 11.7. The van der Waals surface area contributed by atoms with Crippen LogP contribution in [0.5, 0.6) is 23.0 Å². The summed E-state index contributed by atoms with van der Waals surface area (Å²) >= 11 is 0. The zero-order chi connectivity index (χ0) is 17.1. The fraction of sp³-hybridized carbons (Fsp3) is 0.368. The van der Waals surface area contributed by atoms with Gasteiger partial charge in [-0.1, -0.05) is 0 Å². The molecule has 1 heterocycles. The van der Waals surface area contributed by atoms with E-state index in [4.69, 9.17) is 14.2 Å². The predicted octanol–water partition coefficient (Wildman–Crippen LogP) is 2.02. The third-order valence-corrected chi connectivity index (χ3v) is 4.44. The maximum absolute atomic E-state index is 9.94. The van der Waals surface area contributed by atoms with E-state index in [0.717, 1.165) is 30.0 Å². The van der Waals surface area contributed by atoms with E-state index in [1.165, 1.54) is 11.1 Å². The molecule has 1 atom stereocenters. The van der Waals surface area contributed by atoms with Gasteiger partial charge >= 0.3 is 0 Å². The monoisotopic (exact) mass is 330 g/mol. The highest BCUT2D eigenvalue weighted by atomic mass is 16.5. The molecule has 2 aromatic carbocycles. The van der Waals surface area contributed by atoms with Gasteiger partial charge in [-0.25, -0.2) is 0 Å². The fourth-order valence-electron chi connectivity index (χ4n) is 3.29. The largest absolute Gasteiger partial charge is 0.504 e. The van der Waals surface area contributed by atoms with E-state index in [0.29, 0.717) is 12.4 Å². The lowest BCUT2D eigenvalue weighted by Crippen LogP contribution is -2.87. The Hall–Kier alpha value is -2.40. The molecule has 0 unspecified atom stereocenters. The highest BCUT2D eigenvalue weighted by molar-refractivity contribution is 5.52. The molecular weight excluding hydrogens is 306 g/mol. The van der Waals surface area contributed by atoms with Gasteiger partial charge in [-0.2, -0.15) is 0 Å². The fourth-order valence-corrected chi connectivity index (χ4v) is 3.29. The lowest BCUT2D eigenvalue weighted by molar-refractivity contribution is -0.690. The van der Waals surface area contributed by atoms with Gasteiger partial charge in [0.05, 0.1) is 27.4 Å². The van der Waals surface area contributed by atoms with Crippen LogP contribution < -0.4 is 19.5 Å². The van der Waals surface area contributed by atoms with Gasteiger partial charge in [-0.15, -0.1) is 0 Å². The first kappa shape index (κ1) is 16.5. The topological polar surface area (TPSA) is 64.5 Å². The van der Waals surface area contributed by atoms with Crippen molar-refractivity contribution in [2.24, 2.45) is 0 Å². The second-order valence-electron chi connectivity index (χ2n) is 5.82. The van der Waals surface area contributed by atoms with E-state index in [1.54, 1.807) is 20.3 Å². The SMILES string of the molecule is CCOc1cc([C@@H]2[NH2+]CCc3cc(OC)c(OC)cc32)ccc1O. The average molecular weight is 330 g/mol. The van der Waals surface area contributed by atoms with Gasteiger partial charge in [0.15, 0.2) is 23.0 Å². The second-order valence-corrected chi connectivity index (χ2v) is 5.82. The quantitative estimate of drug-likeness (QED) is 0.880. The lowest BCUT2D eigenvalue weighted by Gasteiger charge is -2.26. The summed E-state index contributed by atoms with van der Waals surface area (Å²) in [5.74, 6) is 2.19. The van der Waals surface area contributed by atoms with Crippen LogP contribution in [0.15, 0.2) is 30.3 Å². The zero-order valence-corrected chi connectivity index (χ0v) is 14.3. The third kappa shape index (κ3) is 2.99. The smallest absolute Gasteiger partial charge is 0.161 e. The van der Waals surface area contributed by atoms with Crippen molar-refractivity contribution in [2.45, 2.75) is 19.4 Å². The Morgan fingerprint density at radius 3 is 2.54 bits per heavy atom. The molecule has 5 heteroatoms. The first-order valence-corrected chi connectivity index (χ1v) is 8.21. The lowest BCUT2D eigenvalue weighted by atomic mass is 9.89. The Labute approximate surface area is 142 Å². The summed E-state index contributed by atoms with van der Waals surface area (Å²) in [4.78, 5) is 0. The summed E-state index contributed by atoms with van der Waals surface area (Å²) in [5.41, 5.74) is 3.59. The van der Waals surface area contributed by atoms with Crippen LogP contribution in [0.2, 0.25) is 0 Å². The molecule has 0 fully saturated rings. The molecule has 1 aliphatic heterocycles. The summed E-state index contributed by atoms with van der Waals surface area (Å²) < 4.78 is 16.4. The third-order valence-electron chi connectivity index (χ3n) is 4.44. The van der Waals surface area contributed by atoms with E-state index in [9.17, 15) is 5.11 Å². The second kappa shape index (κ2) is 7.01. The van der Waals surface area contributed by atoms with Gasteiger partial charge < -0.3 is 24.6 Å². The van der Waals surface area contributed by atoms with E-state index in [1.807, 2.05) is 19.1 Å². The number of hydrogen-bond acceptors (Lipinski definition) is 4. The zero-order valence-electron chi connectivity index (χ0n) is 14.3. The van der Waals surface area contributed by atoms with E-state index in [-0.39, 0.29) is 11.8 Å². The number of fused-ring (bicyclic) bond motifs is 1. The van der Waals surface area contributed by atoms with Crippen LogP contribution in [0.25, 0.3) is 0 Å². The van der Waals surface area contributed by atoms with Gasteiger partial charge in [-0.05, 0) is 42.8 Å². The van der Waals surface area contributed by atoms with Crippen LogP contribution in [0.4, 0.5) is 0 Å². The molecule has 0 amide bonds. The molecule has 128 valence electrons. The summed E-state index contributed by atoms with van der Waals surface area (Å²) in [6.07, 6.45) is 0.989. The molecule has 3 rings (SSSR count). The van der Waals surface area contributed by atoms with Crippen molar-refractivity contribution < 1.29 is 24.6 Å². The number of hydrogen-bond donors (Lipinski definition) is 2. The Morgan fingerprint density at radius 2 is 1.83 bits per heavy atom. The predicted molar refractivity (Wildman–Crippen MR) is 91.2 cm³/mol. The Bertz CT molecular complexity index is 730. The van der Waals surface area contributed by atoms with Gasteiger partial charge in [-0.3, -0.25) is 0 Å². The molecule has 0 aliphatic carbocycles. The van der Waals surface area contributed by atoms with Crippen molar-refractivity contribution in [3.8, 4) is 23.0 Å². The molecule has 0 radical (unpaired) electrons. The molecule has 3 N–H and O–H groups in total. The molecule has 0 bridgehead atoms. The minimum atomic E-state index is 0.147. The number of phenols is 1. The summed E-state index contributed by atoms with van der Waals surface area (Å²) in [6, 6.07) is 9.84. The normalized spacial score (nSPS) is 16.4. The van der Waals surface area contributed by atoms with Gasteiger partial charge in [0.1, 0.15) is 6.04 Å². The van der Waals surface area contributed by atoms with Crippen molar-refractivity contribution in [1.82, 2.24) is 0 Å². The molecule has 0 aromatic heterocycles. The number of quaternary nitrogens is 1. The maximum Gasteiger partial charge on any atom is 0.161 e. The van der Waals surface area contributed by atoms with Crippen LogP contribution in [-0.4, -0.2) is 32.5 Å². The maximum atomic E-state index is 9.94. The number of methoxy groups -OCH3 is 2. The van der Waals surface area contributed by atoms with Crippen LogP contribution in [0.1, 0.15) is 29.7 Å². The molecule has 0 spiro atoms. The van der Waals surface area contributed by atoms with Gasteiger partial charge in [0, 0.05) is 17.5 Å². The van der Waals surface area contributed by atoms with E-state index < -0.39 is 0 Å². The minimum Gasteiger partial charge on any atom is -0.504 e. The van der Waals surface area contributed by atoms with Crippen LogP contribution >= 0.6 is 0 Å². The van der Waals surface area contributed by atoms with Crippen molar-refractivity contribution in [2.75, 3.05) is 27.4 Å². The summed E-state index contributed by atoms with van der Waals surface area (Å²) in [7, 11) is 3.31. The van der Waals surface area contributed by atoms with Crippen LogP contribution in [0, 0.1) is 0 Å². The number of benzene rings is 2. The molecule has 5 nitrogen and oxygen atoms in total. The molecular formula is C19H24NO4+. The number of rotatable bonds is 5. The number of ether oxygens (including phenoxy) is 3. The standard InChI is InChI=1S/C19H23NO4/c1-4-24-16-10-13(5-6-15(16)21)19-14-11-18(23-3)17(22-2)9-12(14)7-8-20-19/h5-6,9-11,19-21H,4,7-8H2,1-3H3/p+1/t19-/m0/s1. The summed E-state index contributed by atoms with van der Waals surface area (Å²) in [6.45, 7) is 3.43. The first-order valence-electron chi connectivity index (χ1n) is 8.21. The van der Waals surface area contributed by atoms with E-state index >= 15 is 0 Å². The van der Waals surface area contributed by atoms with Crippen LogP contribution in [0.3, 0.4) is 0 Å². The van der Waals surface area contributed by atoms with E-state index in [2.05, 4.69) is 17.4 Å². The van der Waals surface area contributed by atoms with Crippen molar-refractivity contribution >= 4 is 0 Å². The summed E-state index contributed by atoms with van der Waals surface area (Å²) in [5, 5.41) is 12.2. The minimum absolute atomic E-state index is 0.147. The molecule has 0 saturated heterocycles. The van der Waals surface area contributed by atoms with Gasteiger partial charge in [0.2, 0.25) is 0 Å². The van der Waals surface area contributed by atoms with Crippen molar-refractivity contribution in [3.05, 3.63) is 47.0 Å². The Balaban J connectivity index is 2.04. The Morgan fingerprint density at radius 1 is 1.08 bits per heavy atom. The van der Waals surface area contributed by atoms with Crippen molar-refractivity contribution in [3.63, 3.8) is 0 Å². The molecule has 2 aromatic rings. The highest BCUT2D eigenvalue weighted by Gasteiger charge is 2.27. The highest BCUT2D eigenvalue weighted by Crippen LogP contribution is 2.37.